The number of piperidine rings is 1. The number of hydrogen-bond acceptors (Lipinski definition) is 5. The molecule has 0 bridgehead atoms. The summed E-state index contributed by atoms with van der Waals surface area (Å²) in [5.41, 5.74) is -0.0443. The number of carbonyl (C=O) groups is 2. The minimum absolute atomic E-state index is 0.120. The minimum Gasteiger partial charge on any atom is -0.454 e. The number of rotatable bonds is 6. The minimum atomic E-state index is -3.58. The Morgan fingerprint density at radius 3 is 2.25 bits per heavy atom. The average molecular weight is 405 g/mol. The smallest absolute Gasteiger partial charge is 0.341 e. The van der Waals surface area contributed by atoms with E-state index in [0.29, 0.717) is 13.1 Å². The first-order chi connectivity index (χ1) is 13.4. The maximum absolute atomic E-state index is 13.6. The first-order valence-corrected chi connectivity index (χ1v) is 10.4. The summed E-state index contributed by atoms with van der Waals surface area (Å²) in [4.78, 5) is 24.2. The molecule has 1 aliphatic heterocycles. The Morgan fingerprint density at radius 1 is 0.964 bits per heavy atom. The lowest BCUT2D eigenvalue weighted by molar-refractivity contribution is 0.0470. The average Bonchev–Trinajstić information content (AvgIpc) is 2.73. The van der Waals surface area contributed by atoms with Crippen LogP contribution in [0.25, 0.3) is 0 Å². The van der Waals surface area contributed by atoms with Gasteiger partial charge in [0.25, 0.3) is 0 Å². The summed E-state index contributed by atoms with van der Waals surface area (Å²) in [5.74, 6) is -2.17. The third-order valence-electron chi connectivity index (χ3n) is 4.56. The van der Waals surface area contributed by atoms with Crippen LogP contribution in [0.1, 0.15) is 40.0 Å². The summed E-state index contributed by atoms with van der Waals surface area (Å²) in [5, 5.41) is 0. The first kappa shape index (κ1) is 20.2. The quantitative estimate of drug-likeness (QED) is 0.545. The molecule has 0 N–H and O–H groups in total. The summed E-state index contributed by atoms with van der Waals surface area (Å²) in [7, 11) is -3.58. The highest BCUT2D eigenvalue weighted by molar-refractivity contribution is 7.89. The van der Waals surface area contributed by atoms with Crippen molar-refractivity contribution < 1.29 is 27.1 Å². The van der Waals surface area contributed by atoms with Gasteiger partial charge in [-0.2, -0.15) is 4.31 Å². The van der Waals surface area contributed by atoms with Crippen molar-refractivity contribution in [1.29, 1.82) is 0 Å². The van der Waals surface area contributed by atoms with Crippen LogP contribution in [0.15, 0.2) is 53.4 Å². The summed E-state index contributed by atoms with van der Waals surface area (Å²) in [6.07, 6.45) is 2.69. The molecule has 0 spiro atoms. The molecule has 0 atom stereocenters. The van der Waals surface area contributed by atoms with E-state index < -0.39 is 34.2 Å². The van der Waals surface area contributed by atoms with E-state index in [1.807, 2.05) is 0 Å². The number of hydrogen-bond donors (Lipinski definition) is 0. The molecule has 0 saturated carbocycles. The van der Waals surface area contributed by atoms with Crippen molar-refractivity contribution in [2.45, 2.75) is 24.2 Å². The molecule has 28 heavy (non-hydrogen) atoms. The van der Waals surface area contributed by atoms with Gasteiger partial charge in [0.2, 0.25) is 10.0 Å². The lowest BCUT2D eigenvalue weighted by atomic mass is 10.1. The fourth-order valence-electron chi connectivity index (χ4n) is 2.99. The zero-order valence-corrected chi connectivity index (χ0v) is 16.0. The Kier molecular flexibility index (Phi) is 6.21. The predicted octanol–water partition coefficient (Wildman–Crippen LogP) is 3.04. The Labute approximate surface area is 163 Å². The number of Topliss-reactive ketones (excluding diaryl/α,β-unsaturated/α-hetero) is 1. The topological polar surface area (TPSA) is 80.8 Å². The second-order valence-electron chi connectivity index (χ2n) is 6.47. The predicted molar refractivity (Wildman–Crippen MR) is 100 cm³/mol. The fourth-order valence-corrected chi connectivity index (χ4v) is 4.50. The van der Waals surface area contributed by atoms with E-state index in [1.54, 1.807) is 0 Å². The molecule has 0 unspecified atom stereocenters. The zero-order chi connectivity index (χ0) is 20.1. The number of halogens is 1. The molecule has 6 nitrogen and oxygen atoms in total. The summed E-state index contributed by atoms with van der Waals surface area (Å²) in [6.45, 7) is 0.426. The standard InChI is InChI=1S/C20H20FNO5S/c21-18-7-3-2-6-17(18)20(24)27-14-19(23)15-8-10-16(11-9-15)28(25,26)22-12-4-1-5-13-22/h2-3,6-11H,1,4-5,12-14H2. The Morgan fingerprint density at radius 2 is 1.61 bits per heavy atom. The molecule has 1 heterocycles. The van der Waals surface area contributed by atoms with Gasteiger partial charge < -0.3 is 4.74 Å². The Bertz CT molecular complexity index is 966. The molecule has 1 fully saturated rings. The van der Waals surface area contributed by atoms with Crippen LogP contribution >= 0.6 is 0 Å². The summed E-state index contributed by atoms with van der Waals surface area (Å²) < 4.78 is 45.1. The first-order valence-electron chi connectivity index (χ1n) is 8.94. The van der Waals surface area contributed by atoms with Gasteiger partial charge in [0, 0.05) is 18.7 Å². The molecule has 8 heteroatoms. The van der Waals surface area contributed by atoms with Crippen LogP contribution in [-0.2, 0) is 14.8 Å². The molecule has 1 saturated heterocycles. The van der Waals surface area contributed by atoms with Gasteiger partial charge >= 0.3 is 5.97 Å². The molecular weight excluding hydrogens is 385 g/mol. The Balaban J connectivity index is 1.64. The normalized spacial score (nSPS) is 15.2. The van der Waals surface area contributed by atoms with Gasteiger partial charge in [-0.1, -0.05) is 18.6 Å². The van der Waals surface area contributed by atoms with E-state index in [0.717, 1.165) is 25.3 Å². The van der Waals surface area contributed by atoms with Crippen LogP contribution in [0.2, 0.25) is 0 Å². The molecule has 148 valence electrons. The van der Waals surface area contributed by atoms with Gasteiger partial charge in [0.15, 0.2) is 12.4 Å². The molecule has 0 radical (unpaired) electrons. The molecule has 3 rings (SSSR count). The van der Waals surface area contributed by atoms with Gasteiger partial charge in [-0.05, 0) is 49.2 Å². The van der Waals surface area contributed by atoms with E-state index in [-0.39, 0.29) is 16.0 Å². The lowest BCUT2D eigenvalue weighted by Gasteiger charge is -2.25. The van der Waals surface area contributed by atoms with Crippen molar-refractivity contribution in [1.82, 2.24) is 4.31 Å². The third kappa shape index (κ3) is 4.45. The molecular formula is C20H20FNO5S. The molecule has 2 aromatic carbocycles. The van der Waals surface area contributed by atoms with Gasteiger partial charge in [-0.15, -0.1) is 0 Å². The van der Waals surface area contributed by atoms with Crippen LogP contribution in [0.4, 0.5) is 4.39 Å². The molecule has 0 amide bonds. The van der Waals surface area contributed by atoms with Crippen LogP contribution < -0.4 is 0 Å². The highest BCUT2D eigenvalue weighted by Crippen LogP contribution is 2.21. The van der Waals surface area contributed by atoms with Crippen LogP contribution in [0, 0.1) is 5.82 Å². The maximum Gasteiger partial charge on any atom is 0.341 e. The number of ketones is 1. The van der Waals surface area contributed by atoms with Gasteiger partial charge in [0.05, 0.1) is 10.5 Å². The van der Waals surface area contributed by atoms with Gasteiger partial charge in [-0.25, -0.2) is 17.6 Å². The maximum atomic E-state index is 13.6. The van der Waals surface area contributed by atoms with Crippen molar-refractivity contribution in [3.8, 4) is 0 Å². The van der Waals surface area contributed by atoms with Crippen molar-refractivity contribution >= 4 is 21.8 Å². The second-order valence-corrected chi connectivity index (χ2v) is 8.41. The van der Waals surface area contributed by atoms with E-state index in [1.165, 1.54) is 46.8 Å². The lowest BCUT2D eigenvalue weighted by Crippen LogP contribution is -2.35. The van der Waals surface area contributed by atoms with Gasteiger partial charge in [-0.3, -0.25) is 4.79 Å². The van der Waals surface area contributed by atoms with Crippen LogP contribution in [0.3, 0.4) is 0 Å². The van der Waals surface area contributed by atoms with E-state index in [2.05, 4.69) is 0 Å². The number of nitrogens with zero attached hydrogens (tertiary/aromatic N) is 1. The van der Waals surface area contributed by atoms with Crippen molar-refractivity contribution in [2.24, 2.45) is 0 Å². The molecule has 1 aliphatic rings. The van der Waals surface area contributed by atoms with Crippen LogP contribution in [-0.4, -0.2) is 44.2 Å². The molecule has 0 aromatic heterocycles. The largest absolute Gasteiger partial charge is 0.454 e. The van der Waals surface area contributed by atoms with Crippen molar-refractivity contribution in [2.75, 3.05) is 19.7 Å². The van der Waals surface area contributed by atoms with Crippen molar-refractivity contribution in [3.05, 3.63) is 65.5 Å². The van der Waals surface area contributed by atoms with Crippen molar-refractivity contribution in [3.63, 3.8) is 0 Å². The van der Waals surface area contributed by atoms with E-state index in [4.69, 9.17) is 4.74 Å². The highest BCUT2D eigenvalue weighted by Gasteiger charge is 2.26. The van der Waals surface area contributed by atoms with E-state index in [9.17, 15) is 22.4 Å². The molecule has 2 aromatic rings. The number of benzene rings is 2. The third-order valence-corrected chi connectivity index (χ3v) is 6.47. The number of esters is 1. The van der Waals surface area contributed by atoms with E-state index >= 15 is 0 Å². The SMILES string of the molecule is O=C(COC(=O)c1ccccc1F)c1ccc(S(=O)(=O)N2CCCCC2)cc1. The summed E-state index contributed by atoms with van der Waals surface area (Å²) >= 11 is 0. The Hall–Kier alpha value is -2.58. The molecule has 0 aliphatic carbocycles. The number of carbonyl (C=O) groups excluding carboxylic acids is 2. The van der Waals surface area contributed by atoms with Gasteiger partial charge in [0.1, 0.15) is 5.82 Å². The highest BCUT2D eigenvalue weighted by atomic mass is 32.2. The second kappa shape index (κ2) is 8.62. The number of sulfonamides is 1. The summed E-state index contributed by atoms with van der Waals surface area (Å²) in [6, 6.07) is 10.8. The number of ether oxygens (including phenoxy) is 1. The van der Waals surface area contributed by atoms with Crippen LogP contribution in [0.5, 0.6) is 0 Å². The fraction of sp³-hybridized carbons (Fsp3) is 0.300. The monoisotopic (exact) mass is 405 g/mol. The zero-order valence-electron chi connectivity index (χ0n) is 15.1.